The van der Waals surface area contributed by atoms with Gasteiger partial charge in [-0.2, -0.15) is 9.11 Å². The van der Waals surface area contributed by atoms with E-state index in [-0.39, 0.29) is 0 Å². The van der Waals surface area contributed by atoms with E-state index in [2.05, 4.69) is 15.9 Å². The van der Waals surface area contributed by atoms with E-state index in [4.69, 9.17) is 23.2 Å². The predicted octanol–water partition coefficient (Wildman–Crippen LogP) is 2.32. The van der Waals surface area contributed by atoms with Gasteiger partial charge in [0.25, 0.3) is 0 Å². The van der Waals surface area contributed by atoms with Crippen LogP contribution in [0.1, 0.15) is 0 Å². The molecule has 1 aromatic rings. The van der Waals surface area contributed by atoms with Crippen molar-refractivity contribution >= 4 is 48.9 Å². The number of hydrogen-bond acceptors (Lipinski definition) is 2. The number of anilines is 1. The molecule has 0 saturated heterocycles. The molecule has 0 bridgehead atoms. The summed E-state index contributed by atoms with van der Waals surface area (Å²) in [5, 5.41) is 0. The number of hydrogen-bond donors (Lipinski definition) is 2. The van der Waals surface area contributed by atoms with E-state index in [9.17, 15) is 8.60 Å². The van der Waals surface area contributed by atoms with Crippen molar-refractivity contribution in [2.24, 2.45) is 0 Å². The smallest absolute Gasteiger partial charge is 0.292 e. The molecule has 0 fully saturated rings. The Balaban J connectivity index is 2.74. The standard InChI is InChI=1S/C7H7Cl2FN2OS2/c8-7(9,10)12-15(13,14)11-6-4-2-1-3-5-6/h1-5,11-12H. The maximum Gasteiger partial charge on any atom is 0.325 e. The van der Waals surface area contributed by atoms with Crippen molar-refractivity contribution in [1.29, 1.82) is 0 Å². The molecular weight excluding hydrogens is 282 g/mol. The van der Waals surface area contributed by atoms with Crippen LogP contribution in [-0.4, -0.2) is 8.92 Å². The molecule has 0 radical (unpaired) electrons. The topological polar surface area (TPSA) is 41.1 Å². The van der Waals surface area contributed by atoms with Crippen molar-refractivity contribution in [3.63, 3.8) is 0 Å². The zero-order valence-electron chi connectivity index (χ0n) is 7.25. The third kappa shape index (κ3) is 5.48. The second-order valence-electron chi connectivity index (χ2n) is 2.57. The summed E-state index contributed by atoms with van der Waals surface area (Å²) in [5.41, 5.74) is 0.475. The van der Waals surface area contributed by atoms with E-state index in [1.54, 1.807) is 35.1 Å². The maximum atomic E-state index is 12.7. The van der Waals surface area contributed by atoms with E-state index < -0.39 is 13.6 Å². The molecule has 1 aromatic carbocycles. The zero-order chi connectivity index (χ0) is 11.5. The van der Waals surface area contributed by atoms with Gasteiger partial charge in [0.1, 0.15) is 0 Å². The molecule has 15 heavy (non-hydrogen) atoms. The minimum absolute atomic E-state index is 0.475. The third-order valence-electron chi connectivity index (χ3n) is 1.28. The molecule has 0 saturated carbocycles. The van der Waals surface area contributed by atoms with Crippen LogP contribution in [0.3, 0.4) is 0 Å². The lowest BCUT2D eigenvalue weighted by molar-refractivity contribution is 0.377. The van der Waals surface area contributed by atoms with Gasteiger partial charge in [0.05, 0.1) is 0 Å². The number of rotatable bonds is 4. The highest BCUT2D eigenvalue weighted by atomic mass is 35.5. The minimum Gasteiger partial charge on any atom is -0.292 e. The Kier molecular flexibility index (Phi) is 4.13. The van der Waals surface area contributed by atoms with Gasteiger partial charge < -0.3 is 0 Å². The summed E-state index contributed by atoms with van der Waals surface area (Å²) in [6, 6.07) is 8.42. The van der Waals surface area contributed by atoms with Crippen LogP contribution in [0.15, 0.2) is 30.3 Å². The fraction of sp³-hybridized carbons (Fsp3) is 0.143. The van der Waals surface area contributed by atoms with Crippen LogP contribution in [0, 0.1) is 0 Å². The fourth-order valence-corrected chi connectivity index (χ4v) is 3.20. The number of benzene rings is 1. The monoisotopic (exact) mass is 288 g/mol. The lowest BCUT2D eigenvalue weighted by Crippen LogP contribution is -2.38. The molecule has 0 aromatic heterocycles. The molecule has 0 heterocycles. The Bertz CT molecular complexity index is 418. The van der Waals surface area contributed by atoms with Crippen molar-refractivity contribution < 1.29 is 8.60 Å². The first-order chi connectivity index (χ1) is 6.79. The highest BCUT2D eigenvalue weighted by molar-refractivity contribution is 8.32. The molecular formula is C7H7Cl2FN2OS2. The molecule has 0 amide bonds. The third-order valence-corrected chi connectivity index (χ3v) is 3.24. The highest BCUT2D eigenvalue weighted by Gasteiger charge is 2.26. The Labute approximate surface area is 102 Å². The summed E-state index contributed by atoms with van der Waals surface area (Å²) in [7, 11) is -3.30. The van der Waals surface area contributed by atoms with Crippen molar-refractivity contribution in [1.82, 2.24) is 4.72 Å². The van der Waals surface area contributed by atoms with Gasteiger partial charge in [-0.15, -0.1) is 0 Å². The van der Waals surface area contributed by atoms with Crippen molar-refractivity contribution in [2.75, 3.05) is 4.72 Å². The fourth-order valence-electron chi connectivity index (χ4n) is 0.839. The summed E-state index contributed by atoms with van der Waals surface area (Å²) in [6.07, 6.45) is 0. The van der Waals surface area contributed by atoms with E-state index in [0.717, 1.165) is 0 Å². The molecule has 1 unspecified atom stereocenters. The minimum atomic E-state index is -3.30. The quantitative estimate of drug-likeness (QED) is 0.660. The highest BCUT2D eigenvalue weighted by Crippen LogP contribution is 2.20. The summed E-state index contributed by atoms with van der Waals surface area (Å²) < 4.78 is 25.6. The zero-order valence-corrected chi connectivity index (χ0v) is 10.4. The van der Waals surface area contributed by atoms with E-state index in [1.807, 2.05) is 0 Å². The van der Waals surface area contributed by atoms with Gasteiger partial charge in [-0.1, -0.05) is 18.2 Å². The summed E-state index contributed by atoms with van der Waals surface area (Å²) in [4.78, 5) is 0. The van der Waals surface area contributed by atoms with Crippen LogP contribution in [0.5, 0.6) is 0 Å². The Morgan fingerprint density at radius 2 is 1.87 bits per heavy atom. The predicted molar refractivity (Wildman–Crippen MR) is 64.3 cm³/mol. The average Bonchev–Trinajstić information content (AvgIpc) is 1.99. The second-order valence-corrected chi connectivity index (χ2v) is 6.63. The van der Waals surface area contributed by atoms with Gasteiger partial charge in [0.15, 0.2) is 8.86 Å². The molecule has 0 spiro atoms. The first-order valence-corrected chi connectivity index (χ1v) is 6.96. The van der Waals surface area contributed by atoms with Gasteiger partial charge in [0, 0.05) is 16.9 Å². The van der Waals surface area contributed by atoms with Gasteiger partial charge in [0.2, 0.25) is 0 Å². The lowest BCUT2D eigenvalue weighted by atomic mass is 10.3. The molecule has 1 rings (SSSR count). The van der Waals surface area contributed by atoms with Gasteiger partial charge in [-0.3, -0.25) is 4.72 Å². The molecule has 8 heteroatoms. The molecule has 0 aliphatic carbocycles. The van der Waals surface area contributed by atoms with E-state index in [0.29, 0.717) is 5.69 Å². The Morgan fingerprint density at radius 1 is 1.33 bits per heavy atom. The van der Waals surface area contributed by atoms with Gasteiger partial charge in [-0.25, -0.2) is 4.21 Å². The van der Waals surface area contributed by atoms with Crippen molar-refractivity contribution in [2.45, 2.75) is 4.71 Å². The molecule has 1 atom stereocenters. The van der Waals surface area contributed by atoms with Crippen LogP contribution in [0.4, 0.5) is 10.1 Å². The van der Waals surface area contributed by atoms with Gasteiger partial charge in [-0.05, 0) is 35.3 Å². The number of alkyl halides is 3. The first kappa shape index (κ1) is 12.9. The van der Waals surface area contributed by atoms with Crippen LogP contribution < -0.4 is 9.44 Å². The molecule has 84 valence electrons. The second kappa shape index (κ2) is 4.80. The van der Waals surface area contributed by atoms with Crippen LogP contribution in [-0.2, 0) is 20.1 Å². The number of nitrogens with one attached hydrogen (secondary N) is 2. The molecule has 0 aliphatic rings. The van der Waals surface area contributed by atoms with Crippen molar-refractivity contribution in [3.05, 3.63) is 30.3 Å². The lowest BCUT2D eigenvalue weighted by Gasteiger charge is -2.15. The summed E-state index contributed by atoms with van der Waals surface area (Å²) >= 11 is 14.5. The molecule has 3 nitrogen and oxygen atoms in total. The van der Waals surface area contributed by atoms with E-state index >= 15 is 0 Å². The van der Waals surface area contributed by atoms with Crippen LogP contribution in [0.25, 0.3) is 0 Å². The molecule has 0 aliphatic heterocycles. The van der Waals surface area contributed by atoms with Gasteiger partial charge >= 0.3 is 4.71 Å². The SMILES string of the molecule is O=S(=S)(Nc1ccccc1)NC(F)(Cl)Cl. The first-order valence-electron chi connectivity index (χ1n) is 3.72. The van der Waals surface area contributed by atoms with E-state index in [1.165, 1.54) is 0 Å². The largest absolute Gasteiger partial charge is 0.325 e. The average molecular weight is 289 g/mol. The number of para-hydroxylation sites is 1. The van der Waals surface area contributed by atoms with Crippen LogP contribution >= 0.6 is 23.2 Å². The van der Waals surface area contributed by atoms with Crippen molar-refractivity contribution in [3.8, 4) is 0 Å². The summed E-state index contributed by atoms with van der Waals surface area (Å²) in [5.74, 6) is 0. The Hall–Kier alpha value is -0.140. The normalized spacial score (nSPS) is 15.7. The number of halogens is 3. The maximum absolute atomic E-state index is 12.7. The molecule has 2 N–H and O–H groups in total. The Morgan fingerprint density at radius 3 is 2.33 bits per heavy atom. The summed E-state index contributed by atoms with van der Waals surface area (Å²) in [6.45, 7) is 0. The van der Waals surface area contributed by atoms with Crippen LogP contribution in [0.2, 0.25) is 0 Å².